The maximum Gasteiger partial charge on any atom is 0.0670 e. The zero-order chi connectivity index (χ0) is 14.5. The minimum Gasteiger partial charge on any atom is -0.310 e. The largest absolute Gasteiger partial charge is 0.310 e. The maximum absolute atomic E-state index is 6.26. The van der Waals surface area contributed by atoms with Crippen molar-refractivity contribution in [3.63, 3.8) is 0 Å². The van der Waals surface area contributed by atoms with Crippen molar-refractivity contribution in [3.8, 4) is 11.1 Å². The Balaban J connectivity index is 2.30. The first-order chi connectivity index (χ1) is 9.67. The molecule has 2 aromatic carbocycles. The maximum atomic E-state index is 6.26. The minimum atomic E-state index is 0.406. The topological polar surface area (TPSA) is 12.0 Å². The molecule has 0 aromatic heterocycles. The molecule has 0 bridgehead atoms. The highest BCUT2D eigenvalue weighted by Crippen LogP contribution is 2.33. The third-order valence-electron chi connectivity index (χ3n) is 3.43. The van der Waals surface area contributed by atoms with Crippen LogP contribution in [0, 0.1) is 0 Å². The van der Waals surface area contributed by atoms with E-state index in [1.165, 1.54) is 5.56 Å². The lowest BCUT2D eigenvalue weighted by atomic mass is 9.99. The van der Waals surface area contributed by atoms with Crippen LogP contribution < -0.4 is 5.32 Å². The zero-order valence-corrected chi connectivity index (χ0v) is 13.3. The van der Waals surface area contributed by atoms with E-state index in [1.54, 1.807) is 6.07 Å². The summed E-state index contributed by atoms with van der Waals surface area (Å²) in [6.45, 7) is 5.29. The van der Waals surface area contributed by atoms with Crippen LogP contribution in [0.2, 0.25) is 10.0 Å². The van der Waals surface area contributed by atoms with Gasteiger partial charge < -0.3 is 5.32 Å². The van der Waals surface area contributed by atoms with Gasteiger partial charge in [0.25, 0.3) is 0 Å². The monoisotopic (exact) mass is 307 g/mol. The van der Waals surface area contributed by atoms with Crippen LogP contribution in [0.4, 0.5) is 0 Å². The van der Waals surface area contributed by atoms with Crippen LogP contribution in [0.15, 0.2) is 42.5 Å². The van der Waals surface area contributed by atoms with Crippen LogP contribution in [-0.2, 0) is 0 Å². The van der Waals surface area contributed by atoms with E-state index >= 15 is 0 Å². The van der Waals surface area contributed by atoms with Crippen molar-refractivity contribution in [2.24, 2.45) is 0 Å². The molecular weight excluding hydrogens is 289 g/mol. The van der Waals surface area contributed by atoms with Gasteiger partial charge in [-0.3, -0.25) is 0 Å². The fraction of sp³-hybridized carbons (Fsp3) is 0.294. The van der Waals surface area contributed by atoms with Crippen molar-refractivity contribution in [1.82, 2.24) is 5.32 Å². The summed E-state index contributed by atoms with van der Waals surface area (Å²) in [6, 6.07) is 14.6. The summed E-state index contributed by atoms with van der Waals surface area (Å²) >= 11 is 12.3. The first-order valence-electron chi connectivity index (χ1n) is 6.95. The van der Waals surface area contributed by atoms with Crippen molar-refractivity contribution in [2.75, 3.05) is 6.54 Å². The fourth-order valence-corrected chi connectivity index (χ4v) is 2.78. The number of nitrogens with one attached hydrogen (secondary N) is 1. The van der Waals surface area contributed by atoms with Gasteiger partial charge in [-0.2, -0.15) is 0 Å². The molecule has 0 spiro atoms. The Morgan fingerprint density at radius 3 is 2.30 bits per heavy atom. The minimum absolute atomic E-state index is 0.406. The molecule has 1 nitrogen and oxygen atoms in total. The van der Waals surface area contributed by atoms with Gasteiger partial charge >= 0.3 is 0 Å². The molecule has 2 rings (SSSR count). The number of halogens is 2. The van der Waals surface area contributed by atoms with Crippen LogP contribution >= 0.6 is 23.2 Å². The fourth-order valence-electron chi connectivity index (χ4n) is 2.37. The van der Waals surface area contributed by atoms with E-state index in [0.717, 1.165) is 24.1 Å². The number of benzene rings is 2. The normalized spacial score (nSPS) is 12.4. The standard InChI is InChI=1S/C17H19Cl2N/c1-3-16(20-4-2)13-10-8-12(9-11-13)14-6-5-7-15(18)17(14)19/h5-11,16,20H,3-4H2,1-2H3. The molecule has 0 saturated carbocycles. The molecule has 1 unspecified atom stereocenters. The Kier molecular flexibility index (Phi) is 5.47. The van der Waals surface area contributed by atoms with Gasteiger partial charge in [-0.05, 0) is 30.2 Å². The molecule has 106 valence electrons. The molecule has 0 amide bonds. The van der Waals surface area contributed by atoms with Crippen molar-refractivity contribution < 1.29 is 0 Å². The van der Waals surface area contributed by atoms with Crippen LogP contribution in [0.1, 0.15) is 31.9 Å². The first-order valence-corrected chi connectivity index (χ1v) is 7.70. The Labute approximate surface area is 130 Å². The van der Waals surface area contributed by atoms with Gasteiger partial charge in [0.15, 0.2) is 0 Å². The predicted molar refractivity (Wildman–Crippen MR) is 88.6 cm³/mol. The van der Waals surface area contributed by atoms with Gasteiger partial charge in [-0.1, -0.05) is 73.4 Å². The lowest BCUT2D eigenvalue weighted by Crippen LogP contribution is -2.19. The zero-order valence-electron chi connectivity index (χ0n) is 11.8. The van der Waals surface area contributed by atoms with Crippen LogP contribution in [0.25, 0.3) is 11.1 Å². The van der Waals surface area contributed by atoms with Gasteiger partial charge in [-0.15, -0.1) is 0 Å². The molecule has 0 aliphatic carbocycles. The Morgan fingerprint density at radius 2 is 1.70 bits per heavy atom. The van der Waals surface area contributed by atoms with Crippen LogP contribution in [0.5, 0.6) is 0 Å². The van der Waals surface area contributed by atoms with E-state index in [9.17, 15) is 0 Å². The van der Waals surface area contributed by atoms with Crippen LogP contribution in [0.3, 0.4) is 0 Å². The summed E-state index contributed by atoms with van der Waals surface area (Å²) in [6.07, 6.45) is 1.07. The molecule has 0 fully saturated rings. The summed E-state index contributed by atoms with van der Waals surface area (Å²) in [5, 5.41) is 4.68. The van der Waals surface area contributed by atoms with Gasteiger partial charge in [0.1, 0.15) is 0 Å². The van der Waals surface area contributed by atoms with Crippen molar-refractivity contribution in [1.29, 1.82) is 0 Å². The smallest absolute Gasteiger partial charge is 0.0670 e. The Morgan fingerprint density at radius 1 is 1.00 bits per heavy atom. The molecule has 0 saturated heterocycles. The van der Waals surface area contributed by atoms with Crippen molar-refractivity contribution in [3.05, 3.63) is 58.1 Å². The molecule has 20 heavy (non-hydrogen) atoms. The third-order valence-corrected chi connectivity index (χ3v) is 4.25. The molecule has 2 aromatic rings. The first kappa shape index (κ1) is 15.4. The van der Waals surface area contributed by atoms with E-state index in [4.69, 9.17) is 23.2 Å². The average Bonchev–Trinajstić information content (AvgIpc) is 2.48. The molecule has 0 aliphatic rings. The number of rotatable bonds is 5. The van der Waals surface area contributed by atoms with E-state index in [-0.39, 0.29) is 0 Å². The molecular formula is C17H19Cl2N. The molecule has 1 N–H and O–H groups in total. The van der Waals surface area contributed by atoms with Gasteiger partial charge in [0.2, 0.25) is 0 Å². The Hall–Kier alpha value is -1.02. The van der Waals surface area contributed by atoms with Gasteiger partial charge in [0, 0.05) is 11.6 Å². The molecule has 1 atom stereocenters. The molecule has 0 aliphatic heterocycles. The third kappa shape index (κ3) is 3.35. The predicted octanol–water partition coefficient (Wildman–Crippen LogP) is 5.72. The summed E-state index contributed by atoms with van der Waals surface area (Å²) < 4.78 is 0. The summed E-state index contributed by atoms with van der Waals surface area (Å²) in [4.78, 5) is 0. The van der Waals surface area contributed by atoms with E-state index in [0.29, 0.717) is 16.1 Å². The average molecular weight is 308 g/mol. The second kappa shape index (κ2) is 7.12. The van der Waals surface area contributed by atoms with Crippen LogP contribution in [-0.4, -0.2) is 6.54 Å². The number of hydrogen-bond donors (Lipinski definition) is 1. The molecule has 3 heteroatoms. The highest BCUT2D eigenvalue weighted by Gasteiger charge is 2.10. The van der Waals surface area contributed by atoms with E-state index in [1.807, 2.05) is 12.1 Å². The lowest BCUT2D eigenvalue weighted by molar-refractivity contribution is 0.537. The second-order valence-corrected chi connectivity index (χ2v) is 5.53. The summed E-state index contributed by atoms with van der Waals surface area (Å²) in [5.74, 6) is 0. The molecule has 0 radical (unpaired) electrons. The molecule has 0 heterocycles. The van der Waals surface area contributed by atoms with E-state index < -0.39 is 0 Å². The summed E-state index contributed by atoms with van der Waals surface area (Å²) in [7, 11) is 0. The van der Waals surface area contributed by atoms with Crippen molar-refractivity contribution >= 4 is 23.2 Å². The van der Waals surface area contributed by atoms with Gasteiger partial charge in [-0.25, -0.2) is 0 Å². The highest BCUT2D eigenvalue weighted by molar-refractivity contribution is 6.43. The number of hydrogen-bond acceptors (Lipinski definition) is 1. The Bertz CT molecular complexity index is 564. The van der Waals surface area contributed by atoms with E-state index in [2.05, 4.69) is 43.4 Å². The van der Waals surface area contributed by atoms with Gasteiger partial charge in [0.05, 0.1) is 10.0 Å². The highest BCUT2D eigenvalue weighted by atomic mass is 35.5. The summed E-state index contributed by atoms with van der Waals surface area (Å²) in [5.41, 5.74) is 3.37. The quantitative estimate of drug-likeness (QED) is 0.744. The lowest BCUT2D eigenvalue weighted by Gasteiger charge is -2.16. The second-order valence-electron chi connectivity index (χ2n) is 4.74. The van der Waals surface area contributed by atoms with Crippen molar-refractivity contribution in [2.45, 2.75) is 26.3 Å². The SMILES string of the molecule is CCNC(CC)c1ccc(-c2cccc(Cl)c2Cl)cc1.